The Morgan fingerprint density at radius 3 is 2.32 bits per heavy atom. The molecule has 4 heteroatoms. The minimum atomic E-state index is 0.176. The molecule has 0 fully saturated rings. The van der Waals surface area contributed by atoms with Crippen molar-refractivity contribution in [3.8, 4) is 23.0 Å². The van der Waals surface area contributed by atoms with Crippen LogP contribution in [0.1, 0.15) is 29.5 Å². The summed E-state index contributed by atoms with van der Waals surface area (Å²) in [7, 11) is 3.35. The number of hydrogen-bond donors (Lipinski definition) is 0. The van der Waals surface area contributed by atoms with Gasteiger partial charge in [0, 0.05) is 17.5 Å². The molecule has 22 heavy (non-hydrogen) atoms. The zero-order valence-electron chi connectivity index (χ0n) is 13.3. The molecule has 0 radical (unpaired) electrons. The van der Waals surface area contributed by atoms with Crippen molar-refractivity contribution in [2.24, 2.45) is 0 Å². The van der Waals surface area contributed by atoms with E-state index < -0.39 is 0 Å². The lowest BCUT2D eigenvalue weighted by Crippen LogP contribution is -2.02. The number of benzene rings is 2. The average Bonchev–Trinajstić information content (AvgIpc) is 3.00. The Labute approximate surface area is 130 Å². The van der Waals surface area contributed by atoms with Gasteiger partial charge in [-0.15, -0.1) is 0 Å². The Balaban J connectivity index is 2.03. The van der Waals surface area contributed by atoms with E-state index in [0.717, 1.165) is 28.6 Å². The van der Waals surface area contributed by atoms with Crippen LogP contribution >= 0.6 is 0 Å². The quantitative estimate of drug-likeness (QED) is 0.858. The largest absolute Gasteiger partial charge is 0.497 e. The van der Waals surface area contributed by atoms with Crippen molar-refractivity contribution >= 4 is 0 Å². The molecule has 0 aliphatic carbocycles. The second kappa shape index (κ2) is 5.79. The van der Waals surface area contributed by atoms with Crippen LogP contribution in [0.3, 0.4) is 0 Å². The molecule has 0 bridgehead atoms. The summed E-state index contributed by atoms with van der Waals surface area (Å²) in [4.78, 5) is 0. The zero-order valence-corrected chi connectivity index (χ0v) is 13.3. The molecule has 116 valence electrons. The van der Waals surface area contributed by atoms with Crippen molar-refractivity contribution in [3.05, 3.63) is 47.0 Å². The molecule has 0 aromatic heterocycles. The van der Waals surface area contributed by atoms with Crippen LogP contribution in [0.4, 0.5) is 0 Å². The van der Waals surface area contributed by atoms with E-state index in [4.69, 9.17) is 18.9 Å². The Kier molecular flexibility index (Phi) is 3.84. The van der Waals surface area contributed by atoms with E-state index in [9.17, 15) is 0 Å². The maximum atomic E-state index is 5.54. The maximum Gasteiger partial charge on any atom is 0.231 e. The molecule has 1 atom stereocenters. The lowest BCUT2D eigenvalue weighted by molar-refractivity contribution is 0.174. The van der Waals surface area contributed by atoms with Gasteiger partial charge in [-0.3, -0.25) is 0 Å². The summed E-state index contributed by atoms with van der Waals surface area (Å²) in [5.41, 5.74) is 3.50. The molecule has 1 aliphatic rings. The van der Waals surface area contributed by atoms with Gasteiger partial charge in [0.15, 0.2) is 11.5 Å². The van der Waals surface area contributed by atoms with Gasteiger partial charge in [-0.2, -0.15) is 0 Å². The molecule has 1 aliphatic heterocycles. The molecular weight excluding hydrogens is 280 g/mol. The minimum absolute atomic E-state index is 0.176. The molecule has 2 aromatic rings. The van der Waals surface area contributed by atoms with Crippen LogP contribution in [0.5, 0.6) is 23.0 Å². The number of ether oxygens (including phenoxy) is 4. The fourth-order valence-corrected chi connectivity index (χ4v) is 2.88. The Hall–Kier alpha value is -2.36. The van der Waals surface area contributed by atoms with Crippen molar-refractivity contribution < 1.29 is 18.9 Å². The fraction of sp³-hybridized carbons (Fsp3) is 0.333. The number of fused-ring (bicyclic) bond motifs is 1. The lowest BCUT2D eigenvalue weighted by Gasteiger charge is -2.19. The molecule has 3 rings (SSSR count). The molecular formula is C18H20O4. The third kappa shape index (κ3) is 2.45. The van der Waals surface area contributed by atoms with Gasteiger partial charge >= 0.3 is 0 Å². The molecule has 0 saturated carbocycles. The highest BCUT2D eigenvalue weighted by Gasteiger charge is 2.22. The van der Waals surface area contributed by atoms with E-state index in [1.54, 1.807) is 14.2 Å². The Morgan fingerprint density at radius 1 is 0.955 bits per heavy atom. The first kappa shape index (κ1) is 14.6. The average molecular weight is 300 g/mol. The number of aryl methyl sites for hydroxylation is 1. The molecule has 0 saturated heterocycles. The van der Waals surface area contributed by atoms with Gasteiger partial charge in [-0.25, -0.2) is 0 Å². The smallest absolute Gasteiger partial charge is 0.231 e. The van der Waals surface area contributed by atoms with Crippen LogP contribution in [-0.2, 0) is 0 Å². The minimum Gasteiger partial charge on any atom is -0.497 e. The van der Waals surface area contributed by atoms with Crippen molar-refractivity contribution in [3.63, 3.8) is 0 Å². The van der Waals surface area contributed by atoms with Crippen LogP contribution in [-0.4, -0.2) is 21.0 Å². The topological polar surface area (TPSA) is 36.9 Å². The van der Waals surface area contributed by atoms with Gasteiger partial charge in [0.05, 0.1) is 14.2 Å². The Bertz CT molecular complexity index is 694. The van der Waals surface area contributed by atoms with Crippen LogP contribution in [0.2, 0.25) is 0 Å². The third-order valence-corrected chi connectivity index (χ3v) is 4.13. The third-order valence-electron chi connectivity index (χ3n) is 4.13. The summed E-state index contributed by atoms with van der Waals surface area (Å²) in [5, 5.41) is 0. The van der Waals surface area contributed by atoms with E-state index in [1.165, 1.54) is 11.1 Å². The summed E-state index contributed by atoms with van der Waals surface area (Å²) in [6, 6.07) is 10.0. The van der Waals surface area contributed by atoms with Crippen LogP contribution in [0, 0.1) is 6.92 Å². The second-order valence-corrected chi connectivity index (χ2v) is 5.39. The molecule has 0 N–H and O–H groups in total. The van der Waals surface area contributed by atoms with E-state index in [-0.39, 0.29) is 12.7 Å². The van der Waals surface area contributed by atoms with Crippen molar-refractivity contribution in [2.45, 2.75) is 19.8 Å². The highest BCUT2D eigenvalue weighted by atomic mass is 16.7. The van der Waals surface area contributed by atoms with Gasteiger partial charge in [0.2, 0.25) is 6.79 Å². The van der Waals surface area contributed by atoms with Gasteiger partial charge in [0.1, 0.15) is 11.5 Å². The molecule has 4 nitrogen and oxygen atoms in total. The van der Waals surface area contributed by atoms with Crippen LogP contribution < -0.4 is 18.9 Å². The normalized spacial score (nSPS) is 13.8. The number of methoxy groups -OCH3 is 2. The zero-order chi connectivity index (χ0) is 15.7. The number of rotatable bonds is 4. The summed E-state index contributed by atoms with van der Waals surface area (Å²) in [6.45, 7) is 4.51. The molecule has 1 unspecified atom stereocenters. The highest BCUT2D eigenvalue weighted by molar-refractivity contribution is 5.55. The van der Waals surface area contributed by atoms with Crippen molar-refractivity contribution in [1.82, 2.24) is 0 Å². The first-order chi connectivity index (χ1) is 10.6. The summed E-state index contributed by atoms with van der Waals surface area (Å²) < 4.78 is 21.7. The SMILES string of the molecule is COc1ccc(C(C)c2cc3c(cc2OC)OCO3)c(C)c1. The predicted molar refractivity (Wildman–Crippen MR) is 84.4 cm³/mol. The molecule has 0 amide bonds. The van der Waals surface area contributed by atoms with E-state index in [1.807, 2.05) is 24.3 Å². The van der Waals surface area contributed by atoms with E-state index in [0.29, 0.717) is 0 Å². The summed E-state index contributed by atoms with van der Waals surface area (Å²) in [6.07, 6.45) is 0. The van der Waals surface area contributed by atoms with Gasteiger partial charge in [-0.1, -0.05) is 13.0 Å². The van der Waals surface area contributed by atoms with E-state index >= 15 is 0 Å². The van der Waals surface area contributed by atoms with Crippen molar-refractivity contribution in [2.75, 3.05) is 21.0 Å². The standard InChI is InChI=1S/C18H20O4/c1-11-7-13(19-3)5-6-14(11)12(2)15-8-17-18(22-10-21-17)9-16(15)20-4/h5-9,12H,10H2,1-4H3. The summed E-state index contributed by atoms with van der Waals surface area (Å²) in [5.74, 6) is 3.36. The van der Waals surface area contributed by atoms with Crippen LogP contribution in [0.15, 0.2) is 30.3 Å². The predicted octanol–water partition coefficient (Wildman–Crippen LogP) is 3.89. The summed E-state index contributed by atoms with van der Waals surface area (Å²) >= 11 is 0. The monoisotopic (exact) mass is 300 g/mol. The van der Waals surface area contributed by atoms with Gasteiger partial charge in [-0.05, 0) is 36.2 Å². The maximum absolute atomic E-state index is 5.54. The van der Waals surface area contributed by atoms with Gasteiger partial charge in [0.25, 0.3) is 0 Å². The first-order valence-corrected chi connectivity index (χ1v) is 7.26. The molecule has 1 heterocycles. The second-order valence-electron chi connectivity index (χ2n) is 5.39. The van der Waals surface area contributed by atoms with Crippen molar-refractivity contribution in [1.29, 1.82) is 0 Å². The van der Waals surface area contributed by atoms with Crippen LogP contribution in [0.25, 0.3) is 0 Å². The first-order valence-electron chi connectivity index (χ1n) is 7.26. The van der Waals surface area contributed by atoms with Gasteiger partial charge < -0.3 is 18.9 Å². The molecule has 0 spiro atoms. The van der Waals surface area contributed by atoms with E-state index in [2.05, 4.69) is 19.9 Å². The fourth-order valence-electron chi connectivity index (χ4n) is 2.88. The number of hydrogen-bond acceptors (Lipinski definition) is 4. The Morgan fingerprint density at radius 2 is 1.68 bits per heavy atom. The lowest BCUT2D eigenvalue weighted by atomic mass is 9.89. The molecule has 2 aromatic carbocycles. The highest BCUT2D eigenvalue weighted by Crippen LogP contribution is 2.43.